The molecule has 4 amide bonds. The monoisotopic (exact) mass is 326 g/mol. The van der Waals surface area contributed by atoms with Gasteiger partial charge in [0, 0.05) is 18.5 Å². The van der Waals surface area contributed by atoms with E-state index in [0.717, 1.165) is 6.42 Å². The van der Waals surface area contributed by atoms with Crippen LogP contribution in [0.25, 0.3) is 0 Å². The van der Waals surface area contributed by atoms with Gasteiger partial charge in [-0.1, -0.05) is 13.8 Å². The van der Waals surface area contributed by atoms with Crippen LogP contribution in [0, 0.1) is 11.8 Å². The lowest BCUT2D eigenvalue weighted by molar-refractivity contribution is -0.139. The molecule has 1 saturated heterocycles. The Labute approximate surface area is 135 Å². The molecule has 8 nitrogen and oxygen atoms in total. The van der Waals surface area contributed by atoms with E-state index in [9.17, 15) is 19.2 Å². The highest BCUT2D eigenvalue weighted by Crippen LogP contribution is 2.16. The molecule has 0 saturated carbocycles. The Kier molecular flexibility index (Phi) is 6.99. The van der Waals surface area contributed by atoms with Crippen molar-refractivity contribution in [3.63, 3.8) is 0 Å². The van der Waals surface area contributed by atoms with Crippen LogP contribution in [0.15, 0.2) is 0 Å². The number of hydrogen-bond donors (Lipinski definition) is 4. The fraction of sp³-hybridized carbons (Fsp3) is 0.733. The molecule has 1 rings (SSSR count). The largest absolute Gasteiger partial charge is 0.361 e. The van der Waals surface area contributed by atoms with Crippen molar-refractivity contribution in [2.24, 2.45) is 17.6 Å². The Morgan fingerprint density at radius 2 is 1.91 bits per heavy atom. The van der Waals surface area contributed by atoms with Crippen molar-refractivity contribution < 1.29 is 19.2 Å². The van der Waals surface area contributed by atoms with Gasteiger partial charge in [0.25, 0.3) is 0 Å². The molecule has 1 aliphatic rings. The molecule has 0 radical (unpaired) electrons. The van der Waals surface area contributed by atoms with Gasteiger partial charge in [0.15, 0.2) is 0 Å². The van der Waals surface area contributed by atoms with Crippen LogP contribution in [0.1, 0.15) is 40.0 Å². The number of carbonyl (C=O) groups is 4. The number of primary amides is 1. The molecule has 23 heavy (non-hydrogen) atoms. The maximum atomic E-state index is 12.3. The molecule has 3 atom stereocenters. The van der Waals surface area contributed by atoms with Crippen LogP contribution in [0.5, 0.6) is 0 Å². The second-order valence-electron chi connectivity index (χ2n) is 6.44. The average molecular weight is 326 g/mol. The highest BCUT2D eigenvalue weighted by Gasteiger charge is 2.28. The van der Waals surface area contributed by atoms with E-state index in [2.05, 4.69) is 16.0 Å². The average Bonchev–Trinajstić information content (AvgIpc) is 2.82. The molecule has 0 unspecified atom stereocenters. The summed E-state index contributed by atoms with van der Waals surface area (Å²) >= 11 is 0. The minimum atomic E-state index is -1.12. The van der Waals surface area contributed by atoms with Gasteiger partial charge in [0.05, 0.1) is 0 Å². The predicted octanol–water partition coefficient (Wildman–Crippen LogP) is -0.966. The summed E-state index contributed by atoms with van der Waals surface area (Å²) in [5.74, 6) is -2.43. The third kappa shape index (κ3) is 6.25. The van der Waals surface area contributed by atoms with Gasteiger partial charge < -0.3 is 21.7 Å². The Morgan fingerprint density at radius 1 is 1.26 bits per heavy atom. The fourth-order valence-electron chi connectivity index (χ4n) is 2.63. The van der Waals surface area contributed by atoms with Gasteiger partial charge in [-0.3, -0.25) is 19.2 Å². The normalized spacial score (nSPS) is 19.8. The van der Waals surface area contributed by atoms with Crippen LogP contribution >= 0.6 is 0 Å². The maximum absolute atomic E-state index is 12.3. The van der Waals surface area contributed by atoms with Crippen LogP contribution in [0.2, 0.25) is 0 Å². The summed E-state index contributed by atoms with van der Waals surface area (Å²) in [6.45, 7) is 6.28. The van der Waals surface area contributed by atoms with E-state index in [0.29, 0.717) is 19.4 Å². The smallest absolute Gasteiger partial charge is 0.309 e. The van der Waals surface area contributed by atoms with Gasteiger partial charge in [-0.15, -0.1) is 0 Å². The quantitative estimate of drug-likeness (QED) is 0.448. The summed E-state index contributed by atoms with van der Waals surface area (Å²) in [5, 5.41) is 7.90. The predicted molar refractivity (Wildman–Crippen MR) is 83.9 cm³/mol. The van der Waals surface area contributed by atoms with Crippen molar-refractivity contribution in [1.82, 2.24) is 16.0 Å². The molecule has 8 heteroatoms. The van der Waals surface area contributed by atoms with E-state index >= 15 is 0 Å². The van der Waals surface area contributed by atoms with Gasteiger partial charge in [-0.25, -0.2) is 0 Å². The maximum Gasteiger partial charge on any atom is 0.309 e. The zero-order chi connectivity index (χ0) is 17.6. The molecule has 130 valence electrons. The van der Waals surface area contributed by atoms with E-state index in [1.54, 1.807) is 0 Å². The molecular formula is C15H26N4O4. The van der Waals surface area contributed by atoms with Crippen molar-refractivity contribution in [2.75, 3.05) is 6.54 Å². The first-order valence-corrected chi connectivity index (χ1v) is 7.89. The molecule has 1 aliphatic heterocycles. The van der Waals surface area contributed by atoms with E-state index in [1.807, 2.05) is 20.8 Å². The SMILES string of the molecule is CC(C)C[C@H](NC(=O)C(N)=O)C(=O)N[C@H](C)C[C@@H]1CCNC1=O. The number of rotatable bonds is 7. The van der Waals surface area contributed by atoms with Crippen molar-refractivity contribution in [3.8, 4) is 0 Å². The zero-order valence-corrected chi connectivity index (χ0v) is 13.8. The van der Waals surface area contributed by atoms with E-state index in [-0.39, 0.29) is 29.7 Å². The number of amides is 4. The summed E-state index contributed by atoms with van der Waals surface area (Å²) in [6.07, 6.45) is 1.68. The molecular weight excluding hydrogens is 300 g/mol. The molecule has 0 spiro atoms. The summed E-state index contributed by atoms with van der Waals surface area (Å²) in [6, 6.07) is -1.04. The Balaban J connectivity index is 2.59. The Bertz CT molecular complexity index is 478. The minimum absolute atomic E-state index is 0.00635. The first-order chi connectivity index (χ1) is 10.7. The van der Waals surface area contributed by atoms with Crippen molar-refractivity contribution >= 4 is 23.6 Å². The lowest BCUT2D eigenvalue weighted by atomic mass is 9.98. The Morgan fingerprint density at radius 3 is 2.39 bits per heavy atom. The first kappa shape index (κ1) is 18.9. The summed E-state index contributed by atoms with van der Waals surface area (Å²) in [5.41, 5.74) is 4.91. The molecule has 1 heterocycles. The van der Waals surface area contributed by atoms with Crippen LogP contribution in [0.3, 0.4) is 0 Å². The van der Waals surface area contributed by atoms with E-state index < -0.39 is 17.9 Å². The highest BCUT2D eigenvalue weighted by atomic mass is 16.2. The molecule has 0 bridgehead atoms. The molecule has 0 aromatic heterocycles. The minimum Gasteiger partial charge on any atom is -0.361 e. The molecule has 1 fully saturated rings. The standard InChI is InChI=1S/C15H26N4O4/c1-8(2)6-11(19-15(23)12(16)20)14(22)18-9(3)7-10-4-5-17-13(10)21/h8-11H,4-7H2,1-3H3,(H2,16,20)(H,17,21)(H,18,22)(H,19,23)/t9-,10+,11+/m1/s1. The van der Waals surface area contributed by atoms with Crippen LogP contribution in [-0.2, 0) is 19.2 Å². The van der Waals surface area contributed by atoms with Gasteiger partial charge in [-0.05, 0) is 32.1 Å². The van der Waals surface area contributed by atoms with Gasteiger partial charge in [-0.2, -0.15) is 0 Å². The lowest BCUT2D eigenvalue weighted by Crippen LogP contribution is -2.52. The number of nitrogens with one attached hydrogen (secondary N) is 3. The summed E-state index contributed by atoms with van der Waals surface area (Å²) in [4.78, 5) is 46.2. The summed E-state index contributed by atoms with van der Waals surface area (Å²) in [7, 11) is 0. The zero-order valence-electron chi connectivity index (χ0n) is 13.8. The van der Waals surface area contributed by atoms with Gasteiger partial charge >= 0.3 is 11.8 Å². The topological polar surface area (TPSA) is 130 Å². The van der Waals surface area contributed by atoms with Crippen molar-refractivity contribution in [2.45, 2.75) is 52.1 Å². The van der Waals surface area contributed by atoms with Crippen LogP contribution < -0.4 is 21.7 Å². The fourth-order valence-corrected chi connectivity index (χ4v) is 2.63. The molecule has 0 aliphatic carbocycles. The van der Waals surface area contributed by atoms with Crippen LogP contribution in [-0.4, -0.2) is 42.3 Å². The van der Waals surface area contributed by atoms with Gasteiger partial charge in [0.1, 0.15) is 6.04 Å². The number of carbonyl (C=O) groups excluding carboxylic acids is 4. The third-order valence-electron chi connectivity index (χ3n) is 3.74. The first-order valence-electron chi connectivity index (χ1n) is 7.89. The van der Waals surface area contributed by atoms with Crippen molar-refractivity contribution in [3.05, 3.63) is 0 Å². The molecule has 5 N–H and O–H groups in total. The lowest BCUT2D eigenvalue weighted by Gasteiger charge is -2.23. The van der Waals surface area contributed by atoms with Crippen molar-refractivity contribution in [1.29, 1.82) is 0 Å². The number of nitrogens with two attached hydrogens (primary N) is 1. The van der Waals surface area contributed by atoms with Crippen LogP contribution in [0.4, 0.5) is 0 Å². The highest BCUT2D eigenvalue weighted by molar-refractivity contribution is 6.34. The second-order valence-corrected chi connectivity index (χ2v) is 6.44. The molecule has 0 aromatic carbocycles. The second kappa shape index (κ2) is 8.50. The Hall–Kier alpha value is -2.12. The van der Waals surface area contributed by atoms with Gasteiger partial charge in [0.2, 0.25) is 11.8 Å². The molecule has 0 aromatic rings. The number of hydrogen-bond acceptors (Lipinski definition) is 4. The van der Waals surface area contributed by atoms with E-state index in [1.165, 1.54) is 0 Å². The summed E-state index contributed by atoms with van der Waals surface area (Å²) < 4.78 is 0. The van der Waals surface area contributed by atoms with E-state index in [4.69, 9.17) is 5.73 Å². The third-order valence-corrected chi connectivity index (χ3v) is 3.74.